The van der Waals surface area contributed by atoms with E-state index in [4.69, 9.17) is 9.47 Å². The first kappa shape index (κ1) is 19.2. The van der Waals surface area contributed by atoms with Crippen molar-refractivity contribution in [1.29, 1.82) is 0 Å². The lowest BCUT2D eigenvalue weighted by Crippen LogP contribution is -2.25. The first-order chi connectivity index (χ1) is 13.0. The molecule has 1 aliphatic heterocycles. The van der Waals surface area contributed by atoms with E-state index in [0.717, 1.165) is 33.4 Å². The lowest BCUT2D eigenvalue weighted by atomic mass is 10.1. The topological polar surface area (TPSA) is 63.2 Å². The van der Waals surface area contributed by atoms with Crippen LogP contribution in [0.25, 0.3) is 0 Å². The van der Waals surface area contributed by atoms with Crippen molar-refractivity contribution in [3.05, 3.63) is 52.0 Å². The fraction of sp³-hybridized carbons (Fsp3) is 0.300. The van der Waals surface area contributed by atoms with E-state index < -0.39 is 0 Å². The summed E-state index contributed by atoms with van der Waals surface area (Å²) in [5.41, 5.74) is 3.84. The third kappa shape index (κ3) is 4.24. The fourth-order valence-electron chi connectivity index (χ4n) is 2.96. The number of methoxy groups -OCH3 is 2. The quantitative estimate of drug-likeness (QED) is 0.757. The summed E-state index contributed by atoms with van der Waals surface area (Å²) in [4.78, 5) is 12.7. The summed E-state index contributed by atoms with van der Waals surface area (Å²) in [6.45, 7) is 0.590. The Morgan fingerprint density at radius 2 is 1.85 bits per heavy atom. The molecule has 0 aliphatic carbocycles. The van der Waals surface area contributed by atoms with Crippen molar-refractivity contribution in [3.8, 4) is 11.5 Å². The number of ether oxygens (including phenoxy) is 2. The first-order valence-electron chi connectivity index (χ1n) is 8.62. The molecule has 142 valence electrons. The molecule has 3 rings (SSSR count). The Morgan fingerprint density at radius 1 is 1.19 bits per heavy atom. The van der Waals surface area contributed by atoms with E-state index >= 15 is 0 Å². The van der Waals surface area contributed by atoms with Gasteiger partial charge in [0.1, 0.15) is 0 Å². The number of halogens is 1. The average Bonchev–Trinajstić information content (AvgIpc) is 3.19. The number of hydrogen-bond donors (Lipinski definition) is 1. The standard InChI is InChI=1S/C20H22BrN3O3/c1-22-15-6-4-13(5-7-15)17-8-9-24(23-17)20(25)11-14-10-18(26-2)19(27-3)12-16(14)21/h4-7,10,12,22H,8-9,11H2,1-3H3. The minimum atomic E-state index is -0.0511. The van der Waals surface area contributed by atoms with Crippen molar-refractivity contribution in [2.75, 3.05) is 33.1 Å². The Balaban J connectivity index is 1.74. The largest absolute Gasteiger partial charge is 0.493 e. The van der Waals surface area contributed by atoms with Crippen molar-refractivity contribution in [3.63, 3.8) is 0 Å². The van der Waals surface area contributed by atoms with Crippen LogP contribution < -0.4 is 14.8 Å². The summed E-state index contributed by atoms with van der Waals surface area (Å²) in [6.07, 6.45) is 0.980. The molecule has 1 heterocycles. The second kappa shape index (κ2) is 8.43. The highest BCUT2D eigenvalue weighted by Gasteiger charge is 2.23. The van der Waals surface area contributed by atoms with Crippen LogP contribution >= 0.6 is 15.9 Å². The van der Waals surface area contributed by atoms with Gasteiger partial charge in [-0.05, 0) is 35.4 Å². The third-order valence-electron chi connectivity index (χ3n) is 4.49. The maximum absolute atomic E-state index is 12.7. The molecule has 0 unspecified atom stereocenters. The number of rotatable bonds is 6. The van der Waals surface area contributed by atoms with Gasteiger partial charge >= 0.3 is 0 Å². The Morgan fingerprint density at radius 3 is 2.48 bits per heavy atom. The molecule has 1 aliphatic rings. The molecule has 0 spiro atoms. The Hall–Kier alpha value is -2.54. The van der Waals surface area contributed by atoms with Crippen molar-refractivity contribution >= 4 is 33.2 Å². The summed E-state index contributed by atoms with van der Waals surface area (Å²) in [6, 6.07) is 11.7. The second-order valence-electron chi connectivity index (χ2n) is 6.12. The molecule has 27 heavy (non-hydrogen) atoms. The zero-order chi connectivity index (χ0) is 19.4. The van der Waals surface area contributed by atoms with Crippen LogP contribution in [0, 0.1) is 0 Å². The molecule has 2 aromatic carbocycles. The summed E-state index contributed by atoms with van der Waals surface area (Å²) < 4.78 is 11.4. The van der Waals surface area contributed by atoms with E-state index in [9.17, 15) is 4.79 Å². The third-order valence-corrected chi connectivity index (χ3v) is 5.23. The molecule has 6 nitrogen and oxygen atoms in total. The van der Waals surface area contributed by atoms with Crippen molar-refractivity contribution < 1.29 is 14.3 Å². The van der Waals surface area contributed by atoms with E-state index in [1.807, 2.05) is 43.4 Å². The van der Waals surface area contributed by atoms with Gasteiger partial charge in [-0.3, -0.25) is 4.79 Å². The van der Waals surface area contributed by atoms with Crippen LogP contribution in [0.3, 0.4) is 0 Å². The van der Waals surface area contributed by atoms with Crippen LogP contribution in [0.2, 0.25) is 0 Å². The lowest BCUT2D eigenvalue weighted by molar-refractivity contribution is -0.130. The summed E-state index contributed by atoms with van der Waals surface area (Å²) in [5.74, 6) is 1.16. The molecule has 7 heteroatoms. The van der Waals surface area contributed by atoms with Gasteiger partial charge in [0.25, 0.3) is 0 Å². The predicted octanol–water partition coefficient (Wildman–Crippen LogP) is 3.69. The molecule has 1 amide bonds. The van der Waals surface area contributed by atoms with Gasteiger partial charge in [0.05, 0.1) is 32.9 Å². The van der Waals surface area contributed by atoms with Gasteiger partial charge in [0, 0.05) is 23.6 Å². The fourth-order valence-corrected chi connectivity index (χ4v) is 3.42. The van der Waals surface area contributed by atoms with Gasteiger partial charge in [0.15, 0.2) is 11.5 Å². The molecule has 0 radical (unpaired) electrons. The Bertz CT molecular complexity index is 866. The van der Waals surface area contributed by atoms with Gasteiger partial charge in [-0.2, -0.15) is 5.10 Å². The number of carbonyl (C=O) groups is 1. The van der Waals surface area contributed by atoms with Crippen LogP contribution in [0.4, 0.5) is 5.69 Å². The Labute approximate surface area is 167 Å². The molecule has 0 atom stereocenters. The molecule has 0 fully saturated rings. The number of amides is 1. The smallest absolute Gasteiger partial charge is 0.247 e. The molecule has 0 saturated carbocycles. The summed E-state index contributed by atoms with van der Waals surface area (Å²) in [7, 11) is 5.04. The van der Waals surface area contributed by atoms with Crippen molar-refractivity contribution in [2.24, 2.45) is 5.10 Å². The first-order valence-corrected chi connectivity index (χ1v) is 9.41. The van der Waals surface area contributed by atoms with Gasteiger partial charge in [-0.15, -0.1) is 0 Å². The molecule has 0 saturated heterocycles. The van der Waals surface area contributed by atoms with E-state index in [1.54, 1.807) is 19.2 Å². The van der Waals surface area contributed by atoms with Crippen molar-refractivity contribution in [1.82, 2.24) is 5.01 Å². The molecule has 2 aromatic rings. The summed E-state index contributed by atoms with van der Waals surface area (Å²) >= 11 is 3.50. The van der Waals surface area contributed by atoms with E-state index in [-0.39, 0.29) is 12.3 Å². The van der Waals surface area contributed by atoms with E-state index in [1.165, 1.54) is 0 Å². The number of anilines is 1. The van der Waals surface area contributed by atoms with Crippen LogP contribution in [-0.4, -0.2) is 44.4 Å². The highest BCUT2D eigenvalue weighted by atomic mass is 79.9. The van der Waals surface area contributed by atoms with Crippen LogP contribution in [0.15, 0.2) is 46.0 Å². The number of hydrogen-bond acceptors (Lipinski definition) is 5. The molecular weight excluding hydrogens is 410 g/mol. The maximum atomic E-state index is 12.7. The van der Waals surface area contributed by atoms with E-state index in [0.29, 0.717) is 18.0 Å². The zero-order valence-electron chi connectivity index (χ0n) is 15.6. The molecular formula is C20H22BrN3O3. The van der Waals surface area contributed by atoms with Crippen LogP contribution in [-0.2, 0) is 11.2 Å². The van der Waals surface area contributed by atoms with Crippen LogP contribution in [0.1, 0.15) is 17.5 Å². The van der Waals surface area contributed by atoms with Gasteiger partial charge in [0.2, 0.25) is 5.91 Å². The normalized spacial score (nSPS) is 13.3. The monoisotopic (exact) mass is 431 g/mol. The minimum Gasteiger partial charge on any atom is -0.493 e. The van der Waals surface area contributed by atoms with Gasteiger partial charge < -0.3 is 14.8 Å². The zero-order valence-corrected chi connectivity index (χ0v) is 17.2. The molecule has 0 aromatic heterocycles. The maximum Gasteiger partial charge on any atom is 0.247 e. The predicted molar refractivity (Wildman–Crippen MR) is 110 cm³/mol. The number of hydrazone groups is 1. The molecule has 0 bridgehead atoms. The number of carbonyl (C=O) groups excluding carboxylic acids is 1. The van der Waals surface area contributed by atoms with Crippen molar-refractivity contribution in [2.45, 2.75) is 12.8 Å². The average molecular weight is 432 g/mol. The van der Waals surface area contributed by atoms with Crippen LogP contribution in [0.5, 0.6) is 11.5 Å². The summed E-state index contributed by atoms with van der Waals surface area (Å²) in [5, 5.41) is 9.16. The molecule has 1 N–H and O–H groups in total. The minimum absolute atomic E-state index is 0.0511. The lowest BCUT2D eigenvalue weighted by Gasteiger charge is -2.14. The highest BCUT2D eigenvalue weighted by Crippen LogP contribution is 2.33. The van der Waals surface area contributed by atoms with E-state index in [2.05, 4.69) is 26.3 Å². The number of nitrogens with zero attached hydrogens (tertiary/aromatic N) is 2. The second-order valence-corrected chi connectivity index (χ2v) is 6.97. The SMILES string of the molecule is CNc1ccc(C2=NN(C(=O)Cc3cc(OC)c(OC)cc3Br)CC2)cc1. The highest BCUT2D eigenvalue weighted by molar-refractivity contribution is 9.10. The van der Waals surface area contributed by atoms with Gasteiger partial charge in [-0.1, -0.05) is 28.1 Å². The number of nitrogens with one attached hydrogen (secondary N) is 1. The van der Waals surface area contributed by atoms with Gasteiger partial charge in [-0.25, -0.2) is 5.01 Å². The number of benzene rings is 2. The Kier molecular flexibility index (Phi) is 6.01.